The van der Waals surface area contributed by atoms with E-state index >= 15 is 0 Å². The lowest BCUT2D eigenvalue weighted by atomic mass is 10.1. The second-order valence-electron chi connectivity index (χ2n) is 5.22. The van der Waals surface area contributed by atoms with Crippen molar-refractivity contribution in [3.05, 3.63) is 52.4 Å². The molecule has 0 spiro atoms. The molecule has 0 fully saturated rings. The third-order valence-corrected chi connectivity index (χ3v) is 4.57. The predicted molar refractivity (Wildman–Crippen MR) is 85.9 cm³/mol. The highest BCUT2D eigenvalue weighted by Crippen LogP contribution is 2.28. The number of aryl methyl sites for hydroxylation is 2. The molecule has 22 heavy (non-hydrogen) atoms. The molecular weight excluding hydrogens is 296 g/mol. The number of thiophene rings is 1. The largest absolute Gasteiger partial charge is 0.361 e. The minimum atomic E-state index is 0.757. The van der Waals surface area contributed by atoms with E-state index in [0.717, 1.165) is 40.3 Å². The van der Waals surface area contributed by atoms with E-state index in [1.165, 1.54) is 4.88 Å². The summed E-state index contributed by atoms with van der Waals surface area (Å²) in [6.45, 7) is 4.67. The quantitative estimate of drug-likeness (QED) is 0.577. The second kappa shape index (κ2) is 5.06. The van der Waals surface area contributed by atoms with Crippen LogP contribution in [0.2, 0.25) is 0 Å². The van der Waals surface area contributed by atoms with E-state index in [9.17, 15) is 0 Å². The Morgan fingerprint density at radius 3 is 2.91 bits per heavy atom. The zero-order valence-electron chi connectivity index (χ0n) is 12.3. The highest BCUT2D eigenvalue weighted by Gasteiger charge is 2.14. The van der Waals surface area contributed by atoms with Crippen molar-refractivity contribution in [3.63, 3.8) is 0 Å². The monoisotopic (exact) mass is 310 g/mol. The summed E-state index contributed by atoms with van der Waals surface area (Å²) in [7, 11) is 0. The maximum Gasteiger partial charge on any atom is 0.177 e. The van der Waals surface area contributed by atoms with Crippen LogP contribution < -0.4 is 0 Å². The van der Waals surface area contributed by atoms with E-state index in [-0.39, 0.29) is 0 Å². The van der Waals surface area contributed by atoms with Crippen LogP contribution in [0.1, 0.15) is 16.3 Å². The molecule has 0 aliphatic carbocycles. The Labute approximate surface area is 131 Å². The van der Waals surface area contributed by atoms with Gasteiger partial charge in [-0.25, -0.2) is 9.97 Å². The Bertz CT molecular complexity index is 917. The minimum Gasteiger partial charge on any atom is -0.361 e. The smallest absolute Gasteiger partial charge is 0.177 e. The molecule has 0 saturated carbocycles. The van der Waals surface area contributed by atoms with Crippen LogP contribution in [-0.4, -0.2) is 19.7 Å². The van der Waals surface area contributed by atoms with E-state index in [4.69, 9.17) is 4.52 Å². The maximum atomic E-state index is 5.26. The number of fused-ring (bicyclic) bond motifs is 1. The fourth-order valence-corrected chi connectivity index (χ4v) is 3.37. The zero-order valence-corrected chi connectivity index (χ0v) is 13.1. The Morgan fingerprint density at radius 1 is 1.27 bits per heavy atom. The van der Waals surface area contributed by atoms with E-state index < -0.39 is 0 Å². The number of imidazole rings is 1. The van der Waals surface area contributed by atoms with Crippen molar-refractivity contribution >= 4 is 22.5 Å². The van der Waals surface area contributed by atoms with Crippen molar-refractivity contribution < 1.29 is 4.52 Å². The molecule has 4 rings (SSSR count). The average Bonchev–Trinajstić information content (AvgIpc) is 3.22. The number of aromatic nitrogens is 4. The van der Waals surface area contributed by atoms with Gasteiger partial charge in [0.05, 0.1) is 24.1 Å². The predicted octanol–water partition coefficient (Wildman–Crippen LogP) is 3.81. The van der Waals surface area contributed by atoms with Crippen molar-refractivity contribution in [2.45, 2.75) is 20.4 Å². The van der Waals surface area contributed by atoms with Gasteiger partial charge in [-0.1, -0.05) is 11.2 Å². The van der Waals surface area contributed by atoms with Gasteiger partial charge < -0.3 is 9.09 Å². The molecule has 0 atom stereocenters. The van der Waals surface area contributed by atoms with Gasteiger partial charge in [-0.3, -0.25) is 0 Å². The van der Waals surface area contributed by atoms with E-state index in [1.54, 1.807) is 11.3 Å². The van der Waals surface area contributed by atoms with E-state index in [2.05, 4.69) is 43.3 Å². The van der Waals surface area contributed by atoms with E-state index in [1.807, 2.05) is 26.4 Å². The molecule has 6 heteroatoms. The summed E-state index contributed by atoms with van der Waals surface area (Å²) < 4.78 is 7.38. The van der Waals surface area contributed by atoms with Crippen LogP contribution in [0, 0.1) is 13.8 Å². The summed E-state index contributed by atoms with van der Waals surface area (Å²) in [5, 5.41) is 6.11. The Morgan fingerprint density at radius 2 is 2.18 bits per heavy atom. The lowest BCUT2D eigenvalue weighted by Gasteiger charge is -2.04. The Balaban J connectivity index is 1.83. The molecule has 110 valence electrons. The molecule has 0 bridgehead atoms. The molecule has 4 heterocycles. The molecule has 0 aromatic carbocycles. The summed E-state index contributed by atoms with van der Waals surface area (Å²) in [4.78, 5) is 10.1. The number of hydrogen-bond donors (Lipinski definition) is 0. The van der Waals surface area contributed by atoms with Crippen molar-refractivity contribution in [1.29, 1.82) is 0 Å². The molecule has 0 aliphatic heterocycles. The number of pyridine rings is 1. The lowest BCUT2D eigenvalue weighted by Crippen LogP contribution is -1.96. The number of hydrogen-bond acceptors (Lipinski definition) is 5. The Kier molecular flexibility index (Phi) is 3.04. The van der Waals surface area contributed by atoms with Gasteiger partial charge in [-0.15, -0.1) is 11.3 Å². The van der Waals surface area contributed by atoms with Gasteiger partial charge in [-0.05, 0) is 31.4 Å². The first-order chi connectivity index (χ1) is 10.7. The molecule has 0 saturated heterocycles. The third-order valence-electron chi connectivity index (χ3n) is 3.70. The normalized spacial score (nSPS) is 11.4. The number of rotatable bonds is 3. The first-order valence-corrected chi connectivity index (χ1v) is 7.87. The molecule has 0 aliphatic rings. The number of nitrogens with zero attached hydrogens (tertiary/aromatic N) is 4. The molecule has 0 amide bonds. The van der Waals surface area contributed by atoms with Crippen LogP contribution in [0.15, 0.2) is 40.6 Å². The van der Waals surface area contributed by atoms with Crippen molar-refractivity contribution in [2.24, 2.45) is 0 Å². The third kappa shape index (κ3) is 2.12. The minimum absolute atomic E-state index is 0.757. The maximum absolute atomic E-state index is 5.26. The van der Waals surface area contributed by atoms with Gasteiger partial charge in [0.25, 0.3) is 0 Å². The summed E-state index contributed by atoms with van der Waals surface area (Å²) in [6.07, 6.45) is 3.67. The second-order valence-corrected chi connectivity index (χ2v) is 6.25. The van der Waals surface area contributed by atoms with Crippen LogP contribution in [0.25, 0.3) is 22.3 Å². The SMILES string of the molecule is Cc1noc(C)c1-c1cnc2ncn(Cc3cccs3)c2c1. The van der Waals surface area contributed by atoms with E-state index in [0.29, 0.717) is 0 Å². The topological polar surface area (TPSA) is 56.7 Å². The highest BCUT2D eigenvalue weighted by molar-refractivity contribution is 7.09. The van der Waals surface area contributed by atoms with Gasteiger partial charge in [0.1, 0.15) is 5.76 Å². The summed E-state index contributed by atoms with van der Waals surface area (Å²) in [5.74, 6) is 0.808. The van der Waals surface area contributed by atoms with Gasteiger partial charge >= 0.3 is 0 Å². The molecule has 0 radical (unpaired) electrons. The molecular formula is C16H14N4OS. The first kappa shape index (κ1) is 13.2. The zero-order chi connectivity index (χ0) is 15.1. The van der Waals surface area contributed by atoms with Crippen molar-refractivity contribution in [3.8, 4) is 11.1 Å². The van der Waals surface area contributed by atoms with Crippen LogP contribution in [0.4, 0.5) is 0 Å². The van der Waals surface area contributed by atoms with Crippen molar-refractivity contribution in [2.75, 3.05) is 0 Å². The fourth-order valence-electron chi connectivity index (χ4n) is 2.67. The molecule has 5 nitrogen and oxygen atoms in total. The van der Waals surface area contributed by atoms with Crippen LogP contribution in [0.3, 0.4) is 0 Å². The fraction of sp³-hybridized carbons (Fsp3) is 0.188. The van der Waals surface area contributed by atoms with Crippen LogP contribution >= 0.6 is 11.3 Å². The molecule has 0 unspecified atom stereocenters. The average molecular weight is 310 g/mol. The summed E-state index contributed by atoms with van der Waals surface area (Å²) in [6, 6.07) is 6.30. The molecule has 4 aromatic heterocycles. The Hall–Kier alpha value is -2.47. The van der Waals surface area contributed by atoms with Crippen molar-refractivity contribution in [1.82, 2.24) is 19.7 Å². The molecule has 4 aromatic rings. The van der Waals surface area contributed by atoms with Gasteiger partial charge in [-0.2, -0.15) is 0 Å². The highest BCUT2D eigenvalue weighted by atomic mass is 32.1. The van der Waals surface area contributed by atoms with Crippen LogP contribution in [-0.2, 0) is 6.54 Å². The van der Waals surface area contributed by atoms with Gasteiger partial charge in [0.2, 0.25) is 0 Å². The summed E-state index contributed by atoms with van der Waals surface area (Å²) in [5.41, 5.74) is 4.68. The van der Waals surface area contributed by atoms with Crippen LogP contribution in [0.5, 0.6) is 0 Å². The van der Waals surface area contributed by atoms with Gasteiger partial charge in [0.15, 0.2) is 5.65 Å². The summed E-state index contributed by atoms with van der Waals surface area (Å²) >= 11 is 1.74. The lowest BCUT2D eigenvalue weighted by molar-refractivity contribution is 0.393. The van der Waals surface area contributed by atoms with Gasteiger partial charge in [0, 0.05) is 22.2 Å². The first-order valence-electron chi connectivity index (χ1n) is 6.99. The molecule has 0 N–H and O–H groups in total. The standard InChI is InChI=1S/C16H14N4OS/c1-10-15(11(2)21-19-10)12-6-14-16(17-7-12)18-9-20(14)8-13-4-3-5-22-13/h3-7,9H,8H2,1-2H3.